The minimum Gasteiger partial charge on any atom is -0.497 e. The van der Waals surface area contributed by atoms with Crippen LogP contribution in [0.1, 0.15) is 16.2 Å². The van der Waals surface area contributed by atoms with E-state index >= 15 is 0 Å². The molecule has 10 heteroatoms. The Labute approximate surface area is 176 Å². The molecule has 0 aliphatic carbocycles. The van der Waals surface area contributed by atoms with Gasteiger partial charge in [-0.05, 0) is 42.5 Å². The molecular weight excluding hydrogens is 416 g/mol. The molecule has 0 spiro atoms. The van der Waals surface area contributed by atoms with Crippen molar-refractivity contribution < 1.29 is 18.7 Å². The fraction of sp³-hybridized carbons (Fsp3) is 0.158. The summed E-state index contributed by atoms with van der Waals surface area (Å²) in [5.74, 6) is 0.488. The van der Waals surface area contributed by atoms with Crippen LogP contribution < -0.4 is 15.4 Å². The van der Waals surface area contributed by atoms with Gasteiger partial charge in [0.05, 0.1) is 19.4 Å². The highest BCUT2D eigenvalue weighted by atomic mass is 35.5. The maximum atomic E-state index is 12.1. The minimum absolute atomic E-state index is 0.0765. The third kappa shape index (κ3) is 6.23. The number of amides is 2. The van der Waals surface area contributed by atoms with Crippen molar-refractivity contribution in [2.75, 3.05) is 18.2 Å². The zero-order valence-corrected chi connectivity index (χ0v) is 16.9. The van der Waals surface area contributed by atoms with Gasteiger partial charge in [-0.1, -0.05) is 29.4 Å². The van der Waals surface area contributed by atoms with Crippen LogP contribution in [0.3, 0.4) is 0 Å². The Balaban J connectivity index is 1.45. The lowest BCUT2D eigenvalue weighted by Gasteiger charge is -2.04. The first-order chi connectivity index (χ1) is 14.0. The summed E-state index contributed by atoms with van der Waals surface area (Å²) < 4.78 is 10.5. The zero-order chi connectivity index (χ0) is 20.6. The van der Waals surface area contributed by atoms with Crippen molar-refractivity contribution >= 4 is 40.9 Å². The molecule has 0 saturated carbocycles. The summed E-state index contributed by atoms with van der Waals surface area (Å²) in [6, 6.07) is 13.6. The molecule has 2 aromatic carbocycles. The van der Waals surface area contributed by atoms with Crippen molar-refractivity contribution in [1.82, 2.24) is 15.5 Å². The molecule has 2 N–H and O–H groups in total. The lowest BCUT2D eigenvalue weighted by Crippen LogP contribution is -2.22. The number of nitrogens with one attached hydrogen (secondary N) is 2. The van der Waals surface area contributed by atoms with Crippen LogP contribution >= 0.6 is 23.4 Å². The minimum atomic E-state index is -0.277. The summed E-state index contributed by atoms with van der Waals surface area (Å²) in [5.41, 5.74) is 1.09. The van der Waals surface area contributed by atoms with E-state index in [9.17, 15) is 9.59 Å². The number of halogens is 1. The van der Waals surface area contributed by atoms with Crippen LogP contribution in [0.25, 0.3) is 0 Å². The molecule has 2 amide bonds. The lowest BCUT2D eigenvalue weighted by molar-refractivity contribution is -0.113. The highest BCUT2D eigenvalue weighted by molar-refractivity contribution is 7.99. The molecule has 150 valence electrons. The number of methoxy groups -OCH3 is 1. The van der Waals surface area contributed by atoms with Crippen molar-refractivity contribution in [3.8, 4) is 5.75 Å². The maximum Gasteiger partial charge on any atom is 0.277 e. The predicted molar refractivity (Wildman–Crippen MR) is 109 cm³/mol. The van der Waals surface area contributed by atoms with Gasteiger partial charge in [-0.2, -0.15) is 0 Å². The van der Waals surface area contributed by atoms with E-state index in [-0.39, 0.29) is 35.2 Å². The standard InChI is InChI=1S/C19H17ClN4O4S/c1-27-15-7-5-12(6-8-15)18(26)21-10-17-23-24-19(28-17)29-11-16(25)22-14-4-2-3-13(20)9-14/h2-9H,10-11H2,1H3,(H,21,26)(H,22,25). The SMILES string of the molecule is COc1ccc(C(=O)NCc2nnc(SCC(=O)Nc3cccc(Cl)c3)o2)cc1. The van der Waals surface area contributed by atoms with Crippen LogP contribution in [0.15, 0.2) is 58.2 Å². The summed E-state index contributed by atoms with van der Waals surface area (Å²) in [4.78, 5) is 24.1. The monoisotopic (exact) mass is 432 g/mol. The van der Waals surface area contributed by atoms with Crippen molar-refractivity contribution in [2.24, 2.45) is 0 Å². The summed E-state index contributed by atoms with van der Waals surface area (Å²) in [7, 11) is 1.56. The quantitative estimate of drug-likeness (QED) is 0.525. The normalized spacial score (nSPS) is 10.4. The molecule has 0 saturated heterocycles. The van der Waals surface area contributed by atoms with Gasteiger partial charge in [-0.3, -0.25) is 9.59 Å². The van der Waals surface area contributed by atoms with Crippen molar-refractivity contribution in [2.45, 2.75) is 11.8 Å². The first-order valence-electron chi connectivity index (χ1n) is 8.46. The van der Waals surface area contributed by atoms with Crippen molar-refractivity contribution in [3.63, 3.8) is 0 Å². The molecule has 1 heterocycles. The third-order valence-corrected chi connectivity index (χ3v) is 4.69. The van der Waals surface area contributed by atoms with Gasteiger partial charge in [-0.25, -0.2) is 0 Å². The Bertz CT molecular complexity index is 994. The summed E-state index contributed by atoms with van der Waals surface area (Å²) in [6.07, 6.45) is 0. The molecule has 0 bridgehead atoms. The second-order valence-electron chi connectivity index (χ2n) is 5.72. The number of nitrogens with zero attached hydrogens (tertiary/aromatic N) is 2. The topological polar surface area (TPSA) is 106 Å². The van der Waals surface area contributed by atoms with E-state index in [1.165, 1.54) is 0 Å². The third-order valence-electron chi connectivity index (χ3n) is 3.64. The van der Waals surface area contributed by atoms with Gasteiger partial charge in [0.2, 0.25) is 11.8 Å². The van der Waals surface area contributed by atoms with Gasteiger partial charge in [-0.15, -0.1) is 10.2 Å². The van der Waals surface area contributed by atoms with Crippen LogP contribution in [0.5, 0.6) is 5.75 Å². The van der Waals surface area contributed by atoms with E-state index in [1.807, 2.05) is 0 Å². The van der Waals surface area contributed by atoms with Gasteiger partial charge in [0, 0.05) is 16.3 Å². The van der Waals surface area contributed by atoms with E-state index in [2.05, 4.69) is 20.8 Å². The number of anilines is 1. The number of ether oxygens (including phenoxy) is 1. The number of aromatic nitrogens is 2. The average molecular weight is 433 g/mol. The number of thioether (sulfide) groups is 1. The molecule has 1 aromatic heterocycles. The molecule has 0 unspecified atom stereocenters. The highest BCUT2D eigenvalue weighted by Gasteiger charge is 2.12. The zero-order valence-electron chi connectivity index (χ0n) is 15.3. The molecule has 8 nitrogen and oxygen atoms in total. The van der Waals surface area contributed by atoms with Crippen molar-refractivity contribution in [1.29, 1.82) is 0 Å². The number of carbonyl (C=O) groups is 2. The fourth-order valence-corrected chi connectivity index (χ4v) is 3.03. The van der Waals surface area contributed by atoms with Crippen LogP contribution in [-0.2, 0) is 11.3 Å². The number of hydrogen-bond donors (Lipinski definition) is 2. The Morgan fingerprint density at radius 2 is 1.97 bits per heavy atom. The molecule has 3 aromatic rings. The van der Waals surface area contributed by atoms with E-state index in [0.29, 0.717) is 22.0 Å². The summed E-state index contributed by atoms with van der Waals surface area (Å²) in [5, 5.41) is 13.9. The van der Waals surface area contributed by atoms with Crippen molar-refractivity contribution in [3.05, 3.63) is 65.0 Å². The Morgan fingerprint density at radius 3 is 2.69 bits per heavy atom. The molecular formula is C19H17ClN4O4S. The first kappa shape index (κ1) is 20.7. The number of benzene rings is 2. The van der Waals surface area contributed by atoms with E-state index in [0.717, 1.165) is 11.8 Å². The van der Waals surface area contributed by atoms with E-state index in [4.69, 9.17) is 20.8 Å². The number of hydrogen-bond acceptors (Lipinski definition) is 7. The second-order valence-corrected chi connectivity index (χ2v) is 7.08. The second kappa shape index (κ2) is 9.94. The Hall–Kier alpha value is -3.04. The van der Waals surface area contributed by atoms with Gasteiger partial charge >= 0.3 is 0 Å². The van der Waals surface area contributed by atoms with Gasteiger partial charge < -0.3 is 19.8 Å². The van der Waals surface area contributed by atoms with Crippen LogP contribution in [0, 0.1) is 0 Å². The molecule has 0 radical (unpaired) electrons. The largest absolute Gasteiger partial charge is 0.497 e. The number of carbonyl (C=O) groups excluding carboxylic acids is 2. The lowest BCUT2D eigenvalue weighted by atomic mass is 10.2. The fourth-order valence-electron chi connectivity index (χ4n) is 2.26. The Kier molecular flexibility index (Phi) is 7.09. The molecule has 0 aliphatic rings. The van der Waals surface area contributed by atoms with Gasteiger partial charge in [0.1, 0.15) is 5.75 Å². The van der Waals surface area contributed by atoms with E-state index < -0.39 is 0 Å². The van der Waals surface area contributed by atoms with Crippen LogP contribution in [0.4, 0.5) is 5.69 Å². The molecule has 0 fully saturated rings. The highest BCUT2D eigenvalue weighted by Crippen LogP contribution is 2.18. The molecule has 3 rings (SSSR count). The Morgan fingerprint density at radius 1 is 1.17 bits per heavy atom. The molecule has 0 aliphatic heterocycles. The predicted octanol–water partition coefficient (Wildman–Crippen LogP) is 3.39. The summed E-state index contributed by atoms with van der Waals surface area (Å²) in [6.45, 7) is 0.0765. The van der Waals surface area contributed by atoms with Crippen LogP contribution in [0.2, 0.25) is 5.02 Å². The molecule has 29 heavy (non-hydrogen) atoms. The smallest absolute Gasteiger partial charge is 0.277 e. The first-order valence-corrected chi connectivity index (χ1v) is 9.82. The summed E-state index contributed by atoms with van der Waals surface area (Å²) >= 11 is 6.98. The van der Waals surface area contributed by atoms with E-state index in [1.54, 1.807) is 55.6 Å². The van der Waals surface area contributed by atoms with Gasteiger partial charge in [0.25, 0.3) is 11.1 Å². The maximum absolute atomic E-state index is 12.1. The van der Waals surface area contributed by atoms with Gasteiger partial charge in [0.15, 0.2) is 0 Å². The molecule has 0 atom stereocenters. The average Bonchev–Trinajstić information content (AvgIpc) is 3.18. The van der Waals surface area contributed by atoms with Crippen LogP contribution in [-0.4, -0.2) is 34.9 Å². The number of rotatable bonds is 8.